The minimum atomic E-state index is -0.363. The van der Waals surface area contributed by atoms with E-state index in [0.29, 0.717) is 11.4 Å². The Balaban J connectivity index is 2.81. The van der Waals surface area contributed by atoms with Gasteiger partial charge in [-0.1, -0.05) is 13.3 Å². The molecule has 0 aliphatic carbocycles. The number of rotatable bonds is 7. The molecule has 0 atom stereocenters. The van der Waals surface area contributed by atoms with Crippen LogP contribution in [0.1, 0.15) is 33.6 Å². The molecule has 1 aromatic carbocycles. The van der Waals surface area contributed by atoms with E-state index in [-0.39, 0.29) is 10.9 Å². The average molecular weight is 224 g/mol. The molecule has 0 radical (unpaired) electrons. The van der Waals surface area contributed by atoms with Crippen LogP contribution in [0.2, 0.25) is 0 Å². The average Bonchev–Trinajstić information content (AvgIpc) is 2.32. The van der Waals surface area contributed by atoms with Gasteiger partial charge in [-0.3, -0.25) is 9.59 Å². The summed E-state index contributed by atoms with van der Waals surface area (Å²) in [6.07, 6.45) is 2.08. The van der Waals surface area contributed by atoms with Gasteiger partial charge >= 0.3 is 0 Å². The van der Waals surface area contributed by atoms with Gasteiger partial charge in [0.25, 0.3) is 10.9 Å². The Morgan fingerprint density at radius 3 is 2.19 bits per heavy atom. The predicted octanol–water partition coefficient (Wildman–Crippen LogP) is 1.34. The third kappa shape index (κ3) is 2.26. The standard InChI is InChI=1S/C12H20N2O2/c1-4-7-8-13-9-10(12(16)11(9)15)14(5-2)6-3/h13H,4-8H2,1-3H3. The van der Waals surface area contributed by atoms with Crippen LogP contribution in [-0.4, -0.2) is 19.6 Å². The molecule has 0 heterocycles. The highest BCUT2D eigenvalue weighted by molar-refractivity contribution is 5.75. The minimum Gasteiger partial charge on any atom is -0.380 e. The van der Waals surface area contributed by atoms with Gasteiger partial charge in [-0.05, 0) is 20.3 Å². The molecule has 4 nitrogen and oxygen atoms in total. The molecule has 1 rings (SSSR count). The van der Waals surface area contributed by atoms with Gasteiger partial charge in [-0.15, -0.1) is 0 Å². The zero-order valence-electron chi connectivity index (χ0n) is 10.3. The van der Waals surface area contributed by atoms with E-state index in [4.69, 9.17) is 0 Å². The highest BCUT2D eigenvalue weighted by Crippen LogP contribution is 2.19. The lowest BCUT2D eigenvalue weighted by Crippen LogP contribution is -2.42. The van der Waals surface area contributed by atoms with Crippen molar-refractivity contribution >= 4 is 11.4 Å². The van der Waals surface area contributed by atoms with Crippen LogP contribution < -0.4 is 21.1 Å². The van der Waals surface area contributed by atoms with Crippen LogP contribution in [0.15, 0.2) is 9.59 Å². The molecule has 0 saturated heterocycles. The molecular formula is C12H20N2O2. The minimum absolute atomic E-state index is 0.345. The summed E-state index contributed by atoms with van der Waals surface area (Å²) in [6.45, 7) is 8.32. The summed E-state index contributed by atoms with van der Waals surface area (Å²) in [5.41, 5.74) is 0.383. The number of nitrogens with one attached hydrogen (secondary N) is 1. The fourth-order valence-corrected chi connectivity index (χ4v) is 1.78. The SMILES string of the molecule is CCCCNc1c(N(CC)CC)c(=O)c1=O. The van der Waals surface area contributed by atoms with Crippen LogP contribution in [0.25, 0.3) is 0 Å². The van der Waals surface area contributed by atoms with Gasteiger partial charge in [0.2, 0.25) is 0 Å². The van der Waals surface area contributed by atoms with Crippen molar-refractivity contribution < 1.29 is 0 Å². The van der Waals surface area contributed by atoms with Gasteiger partial charge in [-0.25, -0.2) is 0 Å². The van der Waals surface area contributed by atoms with Crippen LogP contribution in [-0.2, 0) is 0 Å². The van der Waals surface area contributed by atoms with Crippen LogP contribution >= 0.6 is 0 Å². The first-order valence-electron chi connectivity index (χ1n) is 5.99. The molecule has 0 spiro atoms. The first kappa shape index (κ1) is 12.7. The molecule has 1 N–H and O–H groups in total. The van der Waals surface area contributed by atoms with E-state index in [1.54, 1.807) is 0 Å². The van der Waals surface area contributed by atoms with Crippen molar-refractivity contribution in [3.8, 4) is 0 Å². The third-order valence-electron chi connectivity index (χ3n) is 2.80. The van der Waals surface area contributed by atoms with Crippen molar-refractivity contribution in [1.29, 1.82) is 0 Å². The smallest absolute Gasteiger partial charge is 0.253 e. The summed E-state index contributed by atoms with van der Waals surface area (Å²) >= 11 is 0. The maximum Gasteiger partial charge on any atom is 0.253 e. The summed E-state index contributed by atoms with van der Waals surface area (Å²) in [5.74, 6) is 0. The molecule has 4 heteroatoms. The second-order valence-electron chi connectivity index (χ2n) is 3.83. The number of hydrogen-bond acceptors (Lipinski definition) is 4. The van der Waals surface area contributed by atoms with Crippen molar-refractivity contribution in [2.24, 2.45) is 0 Å². The van der Waals surface area contributed by atoms with Crippen molar-refractivity contribution in [3.63, 3.8) is 0 Å². The fourth-order valence-electron chi connectivity index (χ4n) is 1.78. The van der Waals surface area contributed by atoms with E-state index in [2.05, 4.69) is 12.2 Å². The van der Waals surface area contributed by atoms with Gasteiger partial charge in [-0.2, -0.15) is 0 Å². The molecule has 0 bridgehead atoms. The molecular weight excluding hydrogens is 204 g/mol. The lowest BCUT2D eigenvalue weighted by molar-refractivity contribution is 0.823. The Labute approximate surface area is 96.0 Å². The van der Waals surface area contributed by atoms with Gasteiger partial charge in [0, 0.05) is 19.6 Å². The Kier molecular flexibility index (Phi) is 4.52. The quantitative estimate of drug-likeness (QED) is 0.561. The van der Waals surface area contributed by atoms with E-state index in [9.17, 15) is 9.59 Å². The Hall–Kier alpha value is -1.32. The molecule has 0 aliphatic rings. The van der Waals surface area contributed by atoms with E-state index < -0.39 is 0 Å². The van der Waals surface area contributed by atoms with Crippen molar-refractivity contribution in [2.45, 2.75) is 33.6 Å². The van der Waals surface area contributed by atoms with Crippen LogP contribution in [0.4, 0.5) is 11.4 Å². The molecule has 1 aromatic rings. The van der Waals surface area contributed by atoms with Crippen molar-refractivity contribution in [2.75, 3.05) is 29.9 Å². The van der Waals surface area contributed by atoms with Crippen LogP contribution in [0.3, 0.4) is 0 Å². The Bertz CT molecular complexity index is 401. The molecule has 0 fully saturated rings. The summed E-state index contributed by atoms with van der Waals surface area (Å²) < 4.78 is 0. The lowest BCUT2D eigenvalue weighted by atomic mass is 10.1. The highest BCUT2D eigenvalue weighted by Gasteiger charge is 2.23. The van der Waals surface area contributed by atoms with Crippen molar-refractivity contribution in [3.05, 3.63) is 20.4 Å². The molecule has 90 valence electrons. The fraction of sp³-hybridized carbons (Fsp3) is 0.667. The number of unbranched alkanes of at least 4 members (excludes halogenated alkanes) is 1. The van der Waals surface area contributed by atoms with E-state index in [1.807, 2.05) is 18.7 Å². The van der Waals surface area contributed by atoms with Gasteiger partial charge in [0.1, 0.15) is 11.4 Å². The molecule has 0 amide bonds. The zero-order valence-corrected chi connectivity index (χ0v) is 10.3. The van der Waals surface area contributed by atoms with Gasteiger partial charge in [0.15, 0.2) is 0 Å². The second kappa shape index (κ2) is 5.68. The van der Waals surface area contributed by atoms with Crippen LogP contribution in [0, 0.1) is 0 Å². The monoisotopic (exact) mass is 224 g/mol. The molecule has 0 aliphatic heterocycles. The largest absolute Gasteiger partial charge is 0.380 e. The third-order valence-corrected chi connectivity index (χ3v) is 2.80. The lowest BCUT2D eigenvalue weighted by Gasteiger charge is -2.24. The maximum atomic E-state index is 11.5. The number of nitrogens with zero attached hydrogens (tertiary/aromatic N) is 1. The van der Waals surface area contributed by atoms with Gasteiger partial charge < -0.3 is 10.2 Å². The molecule has 16 heavy (non-hydrogen) atoms. The van der Waals surface area contributed by atoms with Gasteiger partial charge in [0.05, 0.1) is 0 Å². The number of hydrogen-bond donors (Lipinski definition) is 1. The molecule has 0 unspecified atom stereocenters. The first-order valence-corrected chi connectivity index (χ1v) is 5.99. The predicted molar refractivity (Wildman–Crippen MR) is 68.3 cm³/mol. The first-order chi connectivity index (χ1) is 7.67. The van der Waals surface area contributed by atoms with E-state index in [0.717, 1.165) is 32.5 Å². The number of anilines is 2. The van der Waals surface area contributed by atoms with Crippen molar-refractivity contribution in [1.82, 2.24) is 0 Å². The summed E-state index contributed by atoms with van der Waals surface area (Å²) in [7, 11) is 0. The topological polar surface area (TPSA) is 49.4 Å². The zero-order chi connectivity index (χ0) is 12.1. The second-order valence-corrected chi connectivity index (χ2v) is 3.83. The highest BCUT2D eigenvalue weighted by atomic mass is 16.2. The van der Waals surface area contributed by atoms with Crippen LogP contribution in [0.5, 0.6) is 0 Å². The Morgan fingerprint density at radius 1 is 1.06 bits per heavy atom. The molecule has 0 aromatic heterocycles. The Morgan fingerprint density at radius 2 is 1.69 bits per heavy atom. The maximum absolute atomic E-state index is 11.5. The summed E-state index contributed by atoms with van der Waals surface area (Å²) in [5, 5.41) is 3.07. The summed E-state index contributed by atoms with van der Waals surface area (Å²) in [6, 6.07) is 0. The van der Waals surface area contributed by atoms with E-state index >= 15 is 0 Å². The molecule has 0 saturated carbocycles. The normalized spacial score (nSPS) is 10.7. The van der Waals surface area contributed by atoms with E-state index in [1.165, 1.54) is 0 Å². The summed E-state index contributed by atoms with van der Waals surface area (Å²) in [4.78, 5) is 24.8.